The molecular weight excluding hydrogens is 829 g/mol. The van der Waals surface area contributed by atoms with Crippen molar-refractivity contribution in [3.05, 3.63) is 0 Å². The van der Waals surface area contributed by atoms with Crippen molar-refractivity contribution in [2.24, 2.45) is 11.8 Å². The molecule has 6 nitrogen and oxygen atoms in total. The molecule has 0 rings (SSSR count). The number of hydrogen-bond donors (Lipinski definition) is 0. The van der Waals surface area contributed by atoms with Gasteiger partial charge in [-0.15, -0.1) is 0 Å². The van der Waals surface area contributed by atoms with Gasteiger partial charge in [0.1, 0.15) is 13.2 Å². The van der Waals surface area contributed by atoms with E-state index in [0.717, 1.165) is 69.6 Å². The van der Waals surface area contributed by atoms with Crippen molar-refractivity contribution < 1.29 is 28.6 Å². The molecule has 0 fully saturated rings. The second kappa shape index (κ2) is 53.8. The van der Waals surface area contributed by atoms with Crippen molar-refractivity contribution in [1.82, 2.24) is 0 Å². The van der Waals surface area contributed by atoms with E-state index in [9.17, 15) is 14.4 Å². The molecule has 2 atom stereocenters. The first-order valence-electron chi connectivity index (χ1n) is 30.3. The van der Waals surface area contributed by atoms with Crippen LogP contribution in [-0.4, -0.2) is 37.2 Å². The Morgan fingerprint density at radius 3 is 0.851 bits per heavy atom. The Labute approximate surface area is 418 Å². The summed E-state index contributed by atoms with van der Waals surface area (Å²) in [6, 6.07) is 0. The largest absolute Gasteiger partial charge is 0.462 e. The molecular formula is C61H118O6. The lowest BCUT2D eigenvalue weighted by atomic mass is 10.00. The van der Waals surface area contributed by atoms with Crippen LogP contribution >= 0.6 is 0 Å². The lowest BCUT2D eigenvalue weighted by Crippen LogP contribution is -2.30. The average molecular weight is 948 g/mol. The maximum atomic E-state index is 12.9. The standard InChI is InChI=1S/C61H118O6/c1-6-8-9-10-11-12-13-14-15-16-20-24-27-30-33-36-43-48-53-61(64)67-58(55-66-60(63)52-47-42-38-37-40-45-50-57(5)7-2)54-65-59(62)51-46-41-35-32-29-26-23-21-18-17-19-22-25-28-31-34-39-44-49-56(3)4/h56-58H,6-55H2,1-5H3/t57?,58-/m0/s1. The van der Waals surface area contributed by atoms with Crippen LogP contribution in [0.3, 0.4) is 0 Å². The van der Waals surface area contributed by atoms with Crippen LogP contribution in [0.15, 0.2) is 0 Å². The molecule has 0 aliphatic heterocycles. The van der Waals surface area contributed by atoms with Gasteiger partial charge in [0.05, 0.1) is 0 Å². The lowest BCUT2D eigenvalue weighted by molar-refractivity contribution is -0.167. The predicted molar refractivity (Wildman–Crippen MR) is 289 cm³/mol. The molecule has 0 amide bonds. The van der Waals surface area contributed by atoms with Crippen LogP contribution < -0.4 is 0 Å². The summed E-state index contributed by atoms with van der Waals surface area (Å²) < 4.78 is 16.9. The minimum atomic E-state index is -0.763. The Morgan fingerprint density at radius 2 is 0.567 bits per heavy atom. The van der Waals surface area contributed by atoms with Crippen molar-refractivity contribution in [2.75, 3.05) is 13.2 Å². The summed E-state index contributed by atoms with van der Waals surface area (Å²) in [5.41, 5.74) is 0. The van der Waals surface area contributed by atoms with Crippen molar-refractivity contribution in [2.45, 2.75) is 349 Å². The SMILES string of the molecule is CCCCCCCCCCCCCCCCCCCCC(=O)O[C@@H](COC(=O)CCCCCCCCCCCCCCCCCCCCC(C)C)COC(=O)CCCCCCCCC(C)CC. The minimum Gasteiger partial charge on any atom is -0.462 e. The lowest BCUT2D eigenvalue weighted by Gasteiger charge is -2.18. The summed E-state index contributed by atoms with van der Waals surface area (Å²) in [4.78, 5) is 38.1. The Bertz CT molecular complexity index is 1030. The van der Waals surface area contributed by atoms with E-state index in [0.29, 0.717) is 19.3 Å². The third-order valence-electron chi connectivity index (χ3n) is 14.3. The highest BCUT2D eigenvalue weighted by molar-refractivity contribution is 5.71. The number of esters is 3. The summed E-state index contributed by atoms with van der Waals surface area (Å²) in [5.74, 6) is 0.833. The fourth-order valence-corrected chi connectivity index (χ4v) is 9.37. The Hall–Kier alpha value is -1.59. The van der Waals surface area contributed by atoms with Gasteiger partial charge in [-0.05, 0) is 31.1 Å². The van der Waals surface area contributed by atoms with Gasteiger partial charge in [0.2, 0.25) is 0 Å². The highest BCUT2D eigenvalue weighted by Crippen LogP contribution is 2.19. The molecule has 398 valence electrons. The van der Waals surface area contributed by atoms with Crippen LogP contribution in [0, 0.1) is 11.8 Å². The second-order valence-corrected chi connectivity index (χ2v) is 21.7. The summed E-state index contributed by atoms with van der Waals surface area (Å²) in [6.07, 6.45) is 58.2. The Balaban J connectivity index is 4.21. The summed E-state index contributed by atoms with van der Waals surface area (Å²) in [5, 5.41) is 0. The summed E-state index contributed by atoms with van der Waals surface area (Å²) in [6.45, 7) is 11.4. The molecule has 0 aromatic heterocycles. The molecule has 6 heteroatoms. The molecule has 67 heavy (non-hydrogen) atoms. The fourth-order valence-electron chi connectivity index (χ4n) is 9.37. The third kappa shape index (κ3) is 53.6. The first-order chi connectivity index (χ1) is 32.8. The number of ether oxygens (including phenoxy) is 3. The number of carbonyl (C=O) groups is 3. The highest BCUT2D eigenvalue weighted by Gasteiger charge is 2.19. The zero-order chi connectivity index (χ0) is 48.9. The number of rotatable bonds is 55. The van der Waals surface area contributed by atoms with E-state index < -0.39 is 6.10 Å². The quantitative estimate of drug-likeness (QED) is 0.0343. The smallest absolute Gasteiger partial charge is 0.306 e. The summed E-state index contributed by atoms with van der Waals surface area (Å²) in [7, 11) is 0. The third-order valence-corrected chi connectivity index (χ3v) is 14.3. The molecule has 0 radical (unpaired) electrons. The molecule has 0 saturated heterocycles. The van der Waals surface area contributed by atoms with Crippen LogP contribution in [0.4, 0.5) is 0 Å². The van der Waals surface area contributed by atoms with Crippen molar-refractivity contribution in [3.8, 4) is 0 Å². The zero-order valence-corrected chi connectivity index (χ0v) is 46.0. The van der Waals surface area contributed by atoms with E-state index >= 15 is 0 Å². The van der Waals surface area contributed by atoms with Gasteiger partial charge in [0, 0.05) is 19.3 Å². The van der Waals surface area contributed by atoms with E-state index in [-0.39, 0.29) is 31.1 Å². The molecule has 0 saturated carbocycles. The van der Waals surface area contributed by atoms with E-state index in [1.54, 1.807) is 0 Å². The molecule has 0 aliphatic carbocycles. The molecule has 0 aromatic carbocycles. The Morgan fingerprint density at radius 1 is 0.313 bits per heavy atom. The molecule has 0 bridgehead atoms. The van der Waals surface area contributed by atoms with Gasteiger partial charge >= 0.3 is 17.9 Å². The van der Waals surface area contributed by atoms with Gasteiger partial charge in [-0.25, -0.2) is 0 Å². The number of unbranched alkanes of at least 4 members (excludes halogenated alkanes) is 39. The van der Waals surface area contributed by atoms with Crippen LogP contribution in [0.2, 0.25) is 0 Å². The first-order valence-corrected chi connectivity index (χ1v) is 30.3. The van der Waals surface area contributed by atoms with Crippen LogP contribution in [-0.2, 0) is 28.6 Å². The molecule has 0 aliphatic rings. The van der Waals surface area contributed by atoms with E-state index in [2.05, 4.69) is 34.6 Å². The normalized spacial score (nSPS) is 12.4. The van der Waals surface area contributed by atoms with Crippen LogP contribution in [0.5, 0.6) is 0 Å². The highest BCUT2D eigenvalue weighted by atomic mass is 16.6. The van der Waals surface area contributed by atoms with Crippen molar-refractivity contribution >= 4 is 17.9 Å². The van der Waals surface area contributed by atoms with E-state index in [4.69, 9.17) is 14.2 Å². The molecule has 0 heterocycles. The fraction of sp³-hybridized carbons (Fsp3) is 0.951. The van der Waals surface area contributed by atoms with E-state index in [1.165, 1.54) is 231 Å². The van der Waals surface area contributed by atoms with Gasteiger partial charge < -0.3 is 14.2 Å². The van der Waals surface area contributed by atoms with Crippen LogP contribution in [0.25, 0.3) is 0 Å². The van der Waals surface area contributed by atoms with Crippen molar-refractivity contribution in [1.29, 1.82) is 0 Å². The maximum Gasteiger partial charge on any atom is 0.306 e. The molecule has 0 spiro atoms. The first kappa shape index (κ1) is 65.4. The zero-order valence-electron chi connectivity index (χ0n) is 46.0. The maximum absolute atomic E-state index is 12.9. The molecule has 1 unspecified atom stereocenters. The molecule has 0 N–H and O–H groups in total. The van der Waals surface area contributed by atoms with Crippen molar-refractivity contribution in [3.63, 3.8) is 0 Å². The average Bonchev–Trinajstić information content (AvgIpc) is 3.31. The minimum absolute atomic E-state index is 0.0632. The van der Waals surface area contributed by atoms with Crippen LogP contribution in [0.1, 0.15) is 343 Å². The van der Waals surface area contributed by atoms with Gasteiger partial charge in [0.25, 0.3) is 0 Å². The number of hydrogen-bond acceptors (Lipinski definition) is 6. The Kier molecular flexibility index (Phi) is 52.5. The van der Waals surface area contributed by atoms with Gasteiger partial charge in [-0.1, -0.05) is 304 Å². The topological polar surface area (TPSA) is 78.9 Å². The predicted octanol–water partition coefficient (Wildman–Crippen LogP) is 20.0. The van der Waals surface area contributed by atoms with E-state index in [1.807, 2.05) is 0 Å². The number of carbonyl (C=O) groups excluding carboxylic acids is 3. The summed E-state index contributed by atoms with van der Waals surface area (Å²) >= 11 is 0. The molecule has 0 aromatic rings. The van der Waals surface area contributed by atoms with Gasteiger partial charge in [0.15, 0.2) is 6.10 Å². The van der Waals surface area contributed by atoms with Gasteiger partial charge in [-0.2, -0.15) is 0 Å². The monoisotopic (exact) mass is 947 g/mol. The van der Waals surface area contributed by atoms with Gasteiger partial charge in [-0.3, -0.25) is 14.4 Å². The second-order valence-electron chi connectivity index (χ2n) is 21.7.